The van der Waals surface area contributed by atoms with E-state index in [-0.39, 0.29) is 67.4 Å². The molecule has 0 bridgehead atoms. The van der Waals surface area contributed by atoms with Crippen LogP contribution in [-0.4, -0.2) is 9.55 Å². The van der Waals surface area contributed by atoms with Crippen LogP contribution in [0.15, 0.2) is 243 Å². The summed E-state index contributed by atoms with van der Waals surface area (Å²) in [6.45, 7) is 6.08. The van der Waals surface area contributed by atoms with E-state index in [0.717, 1.165) is 77.9 Å². The number of fused-ring (bicyclic) bond motifs is 4. The first kappa shape index (κ1) is 42.5. The van der Waals surface area contributed by atoms with E-state index in [9.17, 15) is 4.11 Å². The van der Waals surface area contributed by atoms with Gasteiger partial charge in [-0.05, 0) is 83.6 Å². The third kappa shape index (κ3) is 9.21. The molecule has 0 saturated heterocycles. The predicted octanol–water partition coefficient (Wildman–Crippen LogP) is 18.9. The minimum absolute atomic E-state index is 0. The number of rotatable bonds is 10. The molecular formula is C71H53N4OPt-3. The summed E-state index contributed by atoms with van der Waals surface area (Å²) < 4.78 is 63.6. The molecule has 0 N–H and O–H groups in total. The molecule has 6 heteroatoms. The summed E-state index contributed by atoms with van der Waals surface area (Å²) in [4.78, 5) is 9.00. The molecule has 3 heterocycles. The van der Waals surface area contributed by atoms with Gasteiger partial charge in [0.25, 0.3) is 0 Å². The molecule has 0 amide bonds. The van der Waals surface area contributed by atoms with E-state index in [2.05, 4.69) is 111 Å². The summed E-state index contributed by atoms with van der Waals surface area (Å²) in [6.07, 6.45) is 1.62. The van der Waals surface area contributed by atoms with E-state index in [4.69, 9.17) is 13.8 Å². The molecule has 1 aliphatic heterocycles. The molecule has 5 nitrogen and oxygen atoms in total. The number of benzene rings is 10. The smallest absolute Gasteiger partial charge is 0.135 e. The maximum atomic E-state index is 9.56. The van der Waals surface area contributed by atoms with Crippen LogP contribution in [0.5, 0.6) is 11.5 Å². The number of hydrogen-bond donors (Lipinski definition) is 0. The van der Waals surface area contributed by atoms with Crippen LogP contribution < -0.4 is 14.5 Å². The monoisotopic (exact) mass is 1180 g/mol. The minimum Gasteiger partial charge on any atom is -0.509 e. The molecule has 77 heavy (non-hydrogen) atoms. The summed E-state index contributed by atoms with van der Waals surface area (Å²) in [5.41, 5.74) is 14.1. The zero-order valence-corrected chi connectivity index (χ0v) is 44.7. The van der Waals surface area contributed by atoms with Crippen LogP contribution in [0.25, 0.3) is 83.3 Å². The molecule has 0 fully saturated rings. The maximum absolute atomic E-state index is 9.56. The van der Waals surface area contributed by atoms with Gasteiger partial charge in [0, 0.05) is 83.5 Å². The van der Waals surface area contributed by atoms with Crippen LogP contribution in [-0.2, 0) is 26.5 Å². The van der Waals surface area contributed by atoms with Crippen LogP contribution >= 0.6 is 0 Å². The van der Waals surface area contributed by atoms with Crippen molar-refractivity contribution >= 4 is 44.6 Å². The van der Waals surface area contributed by atoms with Crippen molar-refractivity contribution in [3.05, 3.63) is 273 Å². The minimum atomic E-state index is -2.49. The van der Waals surface area contributed by atoms with Crippen molar-refractivity contribution in [2.45, 2.75) is 33.0 Å². The molecule has 0 spiro atoms. The molecule has 0 atom stereocenters. The Hall–Kier alpha value is -8.76. The molecule has 0 aliphatic carbocycles. The summed E-state index contributed by atoms with van der Waals surface area (Å²) in [6, 6.07) is 78.7. The zero-order valence-electron chi connectivity index (χ0n) is 48.5. The second-order valence-electron chi connectivity index (χ2n) is 20.0. The average Bonchev–Trinajstić information content (AvgIpc) is 2.85. The number of pyridine rings is 1. The SMILES string of the molecule is [2H]c1c(Oc2[c-]c3c(cc2-c2ccccc2)c2cc(-c4ccccc4)ccc2n3-c2cc(C([2H])([2H])[2H])c(-c3ccccc3)cn2)[c-]c(N2[CH-]N(c3c(-c4ccccc4)cccc3-c3ccc(C(C)(C)C)cc3)c3ccccc32)c([2H])c1[2H].[Pt]. The van der Waals surface area contributed by atoms with Crippen LogP contribution in [0.1, 0.15) is 40.1 Å². The van der Waals surface area contributed by atoms with Gasteiger partial charge in [-0.1, -0.05) is 225 Å². The van der Waals surface area contributed by atoms with Gasteiger partial charge in [0.1, 0.15) is 5.82 Å². The van der Waals surface area contributed by atoms with Crippen LogP contribution in [0.3, 0.4) is 0 Å². The zero-order chi connectivity index (χ0) is 56.4. The number of para-hydroxylation sites is 3. The Morgan fingerprint density at radius 3 is 1.74 bits per heavy atom. The maximum Gasteiger partial charge on any atom is 0.135 e. The fraction of sp³-hybridized carbons (Fsp3) is 0.0704. The number of anilines is 4. The Labute approximate surface area is 474 Å². The van der Waals surface area contributed by atoms with Crippen molar-refractivity contribution in [2.24, 2.45) is 0 Å². The largest absolute Gasteiger partial charge is 0.509 e. The molecule has 12 aromatic rings. The number of ether oxygens (including phenoxy) is 1. The van der Waals surface area contributed by atoms with Gasteiger partial charge in [-0.3, -0.25) is 0 Å². The van der Waals surface area contributed by atoms with Crippen molar-refractivity contribution in [3.63, 3.8) is 0 Å². The van der Waals surface area contributed by atoms with Crippen molar-refractivity contribution in [3.8, 4) is 73.0 Å². The van der Waals surface area contributed by atoms with Crippen molar-refractivity contribution in [1.82, 2.24) is 9.55 Å². The fourth-order valence-electron chi connectivity index (χ4n) is 10.4. The van der Waals surface area contributed by atoms with E-state index >= 15 is 0 Å². The first-order valence-electron chi connectivity index (χ1n) is 28.4. The van der Waals surface area contributed by atoms with Gasteiger partial charge in [-0.25, -0.2) is 4.98 Å². The van der Waals surface area contributed by atoms with Crippen molar-refractivity contribution in [2.75, 3.05) is 9.80 Å². The third-order valence-electron chi connectivity index (χ3n) is 14.3. The fourth-order valence-corrected chi connectivity index (χ4v) is 10.4. The van der Waals surface area contributed by atoms with Gasteiger partial charge in [-0.2, -0.15) is 12.1 Å². The second-order valence-corrected chi connectivity index (χ2v) is 20.0. The second kappa shape index (κ2) is 20.4. The number of aryl methyl sites for hydroxylation is 1. The number of hydrogen-bond acceptors (Lipinski definition) is 4. The van der Waals surface area contributed by atoms with Gasteiger partial charge in [0.2, 0.25) is 0 Å². The molecule has 10 aromatic carbocycles. The summed E-state index contributed by atoms with van der Waals surface area (Å²) >= 11 is 0. The number of aromatic nitrogens is 2. The molecule has 376 valence electrons. The van der Waals surface area contributed by atoms with Crippen LogP contribution in [0.2, 0.25) is 0 Å². The molecule has 1 aliphatic rings. The molecule has 0 saturated carbocycles. The van der Waals surface area contributed by atoms with Crippen molar-refractivity contribution < 1.29 is 34.0 Å². The van der Waals surface area contributed by atoms with Crippen molar-refractivity contribution in [1.29, 1.82) is 0 Å². The van der Waals surface area contributed by atoms with E-state index in [0.29, 0.717) is 22.5 Å². The first-order valence-corrected chi connectivity index (χ1v) is 25.4. The Kier molecular flexibility index (Phi) is 11.3. The Morgan fingerprint density at radius 2 is 1.10 bits per heavy atom. The normalized spacial score (nSPS) is 13.5. The molecule has 2 aromatic heterocycles. The number of nitrogens with zero attached hydrogens (tertiary/aromatic N) is 4. The van der Waals surface area contributed by atoms with Crippen LogP contribution in [0, 0.1) is 25.7 Å². The van der Waals surface area contributed by atoms with Gasteiger partial charge in [0.05, 0.1) is 0 Å². The van der Waals surface area contributed by atoms with E-state index in [1.807, 2.05) is 156 Å². The summed E-state index contributed by atoms with van der Waals surface area (Å²) in [7, 11) is 0. The van der Waals surface area contributed by atoms with E-state index in [1.165, 1.54) is 5.56 Å². The Bertz CT molecular complexity index is 4400. The van der Waals surface area contributed by atoms with Gasteiger partial charge >= 0.3 is 0 Å². The topological polar surface area (TPSA) is 33.5 Å². The summed E-state index contributed by atoms with van der Waals surface area (Å²) in [5, 5.41) is 1.67. The quantitative estimate of drug-likeness (QED) is 0.128. The van der Waals surface area contributed by atoms with Gasteiger partial charge in [-0.15, -0.1) is 42.0 Å². The Balaban J connectivity index is 0.00000680. The molecule has 0 radical (unpaired) electrons. The van der Waals surface area contributed by atoms with Gasteiger partial charge in [0.15, 0.2) is 0 Å². The standard InChI is InChI=1S/C71H53N4O.Pt/c1-48-41-69(72-46-63(48)52-27-15-8-16-28-52)75-64-40-37-54(49-21-9-5-10-22-49)42-61(64)62-44-60(51-25-13-7-14-26-51)68(45-67(62)75)76-57-30-19-29-56(43-57)73-47-74(66-34-18-17-33-65(66)73)70-58(50-23-11-6-12-24-50)31-20-32-59(70)53-35-38-55(39-36-53)71(2,3)4;/h5-42,44,46-47H,1-4H3;/q-3;/i1D3,19D,29D,30D;. The molecule has 0 unspecified atom stereocenters. The average molecular weight is 1180 g/mol. The van der Waals surface area contributed by atoms with Gasteiger partial charge < -0.3 is 19.1 Å². The molecule has 13 rings (SSSR count). The first-order chi connectivity index (χ1) is 39.7. The van der Waals surface area contributed by atoms with Crippen LogP contribution in [0.4, 0.5) is 22.7 Å². The van der Waals surface area contributed by atoms with E-state index in [1.54, 1.807) is 12.3 Å². The molecular weight excluding hydrogens is 1120 g/mol. The van der Waals surface area contributed by atoms with E-state index < -0.39 is 6.85 Å². The Morgan fingerprint density at radius 1 is 0.532 bits per heavy atom. The predicted molar refractivity (Wildman–Crippen MR) is 315 cm³/mol. The summed E-state index contributed by atoms with van der Waals surface area (Å²) in [5.74, 6) is 0.505. The third-order valence-corrected chi connectivity index (χ3v) is 14.3.